The number of benzene rings is 2. The Morgan fingerprint density at radius 1 is 0.786 bits per heavy atom. The van der Waals surface area contributed by atoms with Gasteiger partial charge in [0.1, 0.15) is 0 Å². The van der Waals surface area contributed by atoms with Crippen LogP contribution in [0.5, 0.6) is 0 Å². The van der Waals surface area contributed by atoms with Gasteiger partial charge in [0.15, 0.2) is 5.78 Å². The van der Waals surface area contributed by atoms with Crippen molar-refractivity contribution in [1.29, 1.82) is 0 Å². The lowest BCUT2D eigenvalue weighted by Gasteiger charge is -2.18. The summed E-state index contributed by atoms with van der Waals surface area (Å²) in [5, 5.41) is 9.35. The van der Waals surface area contributed by atoms with Gasteiger partial charge in [0.2, 0.25) is 0 Å². The highest BCUT2D eigenvalue weighted by atomic mass is 16.3. The van der Waals surface area contributed by atoms with E-state index in [0.29, 0.717) is 10.8 Å². The van der Waals surface area contributed by atoms with Crippen LogP contribution in [0.3, 0.4) is 0 Å². The van der Waals surface area contributed by atoms with Gasteiger partial charge >= 0.3 is 0 Å². The molecule has 1 unspecified atom stereocenters. The van der Waals surface area contributed by atoms with Gasteiger partial charge in [0.25, 0.3) is 0 Å². The summed E-state index contributed by atoms with van der Waals surface area (Å²) in [7, 11) is 0. The first-order valence-electron chi connectivity index (χ1n) is 10.1. The molecule has 0 radical (unpaired) electrons. The third-order valence-electron chi connectivity index (χ3n) is 4.29. The molecule has 2 aromatic carbocycles. The maximum atomic E-state index is 11.0. The largest absolute Gasteiger partial charge is 0.389 e. The summed E-state index contributed by atoms with van der Waals surface area (Å²) in [5.74, 6) is 0.132. The molecule has 2 nitrogen and oxygen atoms in total. The molecule has 1 atom stereocenters. The summed E-state index contributed by atoms with van der Waals surface area (Å²) < 4.78 is 0. The molecular formula is C26H38O2. The molecule has 0 fully saturated rings. The Balaban J connectivity index is 0.000000280. The number of rotatable bonds is 4. The molecule has 0 heterocycles. The number of ketones is 1. The minimum atomic E-state index is -0.362. The lowest BCUT2D eigenvalue weighted by molar-refractivity contribution is 0.101. The first-order chi connectivity index (χ1) is 12.8. The fourth-order valence-corrected chi connectivity index (χ4v) is 3.00. The molecule has 0 aromatic heterocycles. The normalized spacial score (nSPS) is 12.8. The van der Waals surface area contributed by atoms with Crippen molar-refractivity contribution in [1.82, 2.24) is 0 Å². The zero-order valence-electron chi connectivity index (χ0n) is 19.0. The molecule has 154 valence electrons. The number of aliphatic hydroxyl groups is 1. The van der Waals surface area contributed by atoms with Crippen LogP contribution in [0, 0.1) is 10.8 Å². The van der Waals surface area contributed by atoms with E-state index in [0.717, 1.165) is 24.0 Å². The van der Waals surface area contributed by atoms with Gasteiger partial charge < -0.3 is 5.11 Å². The van der Waals surface area contributed by atoms with E-state index in [-0.39, 0.29) is 11.9 Å². The minimum Gasteiger partial charge on any atom is -0.389 e. The summed E-state index contributed by atoms with van der Waals surface area (Å²) >= 11 is 0. The summed E-state index contributed by atoms with van der Waals surface area (Å²) in [6.07, 6.45) is 1.76. The van der Waals surface area contributed by atoms with Crippen LogP contribution in [0.4, 0.5) is 0 Å². The van der Waals surface area contributed by atoms with Crippen LogP contribution in [0.2, 0.25) is 0 Å². The first kappa shape index (κ1) is 24.1. The van der Waals surface area contributed by atoms with Crippen molar-refractivity contribution in [2.75, 3.05) is 0 Å². The summed E-state index contributed by atoms with van der Waals surface area (Å²) in [6, 6.07) is 16.1. The molecule has 0 amide bonds. The highest BCUT2D eigenvalue weighted by Crippen LogP contribution is 2.22. The van der Waals surface area contributed by atoms with Crippen molar-refractivity contribution >= 4 is 5.78 Å². The molecule has 0 saturated carbocycles. The van der Waals surface area contributed by atoms with Crippen LogP contribution in [0.1, 0.15) is 88.5 Å². The van der Waals surface area contributed by atoms with Crippen LogP contribution in [-0.4, -0.2) is 10.9 Å². The van der Waals surface area contributed by atoms with Crippen molar-refractivity contribution < 1.29 is 9.90 Å². The molecule has 0 aliphatic heterocycles. The zero-order valence-corrected chi connectivity index (χ0v) is 19.0. The van der Waals surface area contributed by atoms with Gasteiger partial charge in [0, 0.05) is 5.56 Å². The van der Waals surface area contributed by atoms with Gasteiger partial charge in [-0.15, -0.1) is 0 Å². The van der Waals surface area contributed by atoms with Crippen molar-refractivity contribution in [3.63, 3.8) is 0 Å². The Hall–Kier alpha value is -1.93. The molecule has 0 aliphatic carbocycles. The predicted octanol–water partition coefficient (Wildman–Crippen LogP) is 6.81. The first-order valence-corrected chi connectivity index (χ1v) is 10.1. The fourth-order valence-electron chi connectivity index (χ4n) is 3.00. The van der Waals surface area contributed by atoms with Crippen molar-refractivity contribution in [2.45, 2.75) is 74.3 Å². The molecule has 28 heavy (non-hydrogen) atoms. The van der Waals surface area contributed by atoms with Gasteiger partial charge in [0.05, 0.1) is 6.10 Å². The van der Waals surface area contributed by atoms with Crippen molar-refractivity contribution in [3.05, 3.63) is 70.8 Å². The second-order valence-electron chi connectivity index (χ2n) is 10.1. The molecule has 0 saturated heterocycles. The van der Waals surface area contributed by atoms with Crippen molar-refractivity contribution in [3.8, 4) is 0 Å². The average molecular weight is 383 g/mol. The van der Waals surface area contributed by atoms with E-state index >= 15 is 0 Å². The lowest BCUT2D eigenvalue weighted by Crippen LogP contribution is -2.09. The Labute approximate surface area is 172 Å². The maximum absolute atomic E-state index is 11.0. The van der Waals surface area contributed by atoms with Gasteiger partial charge in [-0.25, -0.2) is 0 Å². The quantitative estimate of drug-likeness (QED) is 0.590. The molecule has 2 rings (SSSR count). The highest BCUT2D eigenvalue weighted by molar-refractivity contribution is 5.93. The van der Waals surface area contributed by atoms with Crippen LogP contribution < -0.4 is 0 Å². The van der Waals surface area contributed by atoms with E-state index in [1.165, 1.54) is 11.1 Å². The summed E-state index contributed by atoms with van der Waals surface area (Å²) in [5.41, 5.74) is 5.04. The lowest BCUT2D eigenvalue weighted by atomic mass is 9.88. The van der Waals surface area contributed by atoms with E-state index < -0.39 is 0 Å². The van der Waals surface area contributed by atoms with Crippen molar-refractivity contribution in [2.24, 2.45) is 10.8 Å². The summed E-state index contributed by atoms with van der Waals surface area (Å²) in [6.45, 7) is 16.7. The molecular weight excluding hydrogens is 344 g/mol. The molecule has 2 aromatic rings. The average Bonchev–Trinajstić information content (AvgIpc) is 2.53. The van der Waals surface area contributed by atoms with Gasteiger partial charge in [-0.3, -0.25) is 4.79 Å². The van der Waals surface area contributed by atoms with Crippen LogP contribution >= 0.6 is 0 Å². The van der Waals surface area contributed by atoms with E-state index in [1.54, 1.807) is 13.8 Å². The third-order valence-corrected chi connectivity index (χ3v) is 4.29. The standard InChI is InChI=1S/C13H20O.C13H18O/c2*1-10(14)12-7-5-11(6-8-12)9-13(2,3)4/h5-8,10,14H,9H2,1-4H3;5-8H,9H2,1-4H3. The Kier molecular flexibility index (Phi) is 8.63. The van der Waals surface area contributed by atoms with Crippen LogP contribution in [-0.2, 0) is 12.8 Å². The molecule has 0 bridgehead atoms. The van der Waals surface area contributed by atoms with Crippen LogP contribution in [0.25, 0.3) is 0 Å². The smallest absolute Gasteiger partial charge is 0.159 e. The van der Waals surface area contributed by atoms with E-state index in [1.807, 2.05) is 36.4 Å². The fraction of sp³-hybridized carbons (Fsp3) is 0.500. The highest BCUT2D eigenvalue weighted by Gasteiger charge is 2.12. The van der Waals surface area contributed by atoms with E-state index in [4.69, 9.17) is 0 Å². The minimum absolute atomic E-state index is 0.132. The van der Waals surface area contributed by atoms with E-state index in [9.17, 15) is 9.90 Å². The third kappa shape index (κ3) is 9.85. The second-order valence-corrected chi connectivity index (χ2v) is 10.1. The number of carbonyl (C=O) groups is 1. The number of hydrogen-bond acceptors (Lipinski definition) is 2. The van der Waals surface area contributed by atoms with E-state index in [2.05, 4.69) is 53.7 Å². The van der Waals surface area contributed by atoms with Crippen LogP contribution in [0.15, 0.2) is 48.5 Å². The SMILES string of the molecule is CC(=O)c1ccc(CC(C)(C)C)cc1.CC(O)c1ccc(CC(C)(C)C)cc1. The number of hydrogen-bond donors (Lipinski definition) is 1. The number of carbonyl (C=O) groups excluding carboxylic acids is 1. The Morgan fingerprint density at radius 2 is 1.14 bits per heavy atom. The Morgan fingerprint density at radius 3 is 1.43 bits per heavy atom. The second kappa shape index (κ2) is 10.0. The molecule has 2 heteroatoms. The maximum Gasteiger partial charge on any atom is 0.159 e. The van der Waals surface area contributed by atoms with Gasteiger partial charge in [-0.05, 0) is 54.2 Å². The molecule has 0 aliphatic rings. The Bertz CT molecular complexity index is 724. The molecule has 0 spiro atoms. The van der Waals surface area contributed by atoms with Gasteiger partial charge in [-0.2, -0.15) is 0 Å². The monoisotopic (exact) mass is 382 g/mol. The topological polar surface area (TPSA) is 37.3 Å². The summed E-state index contributed by atoms with van der Waals surface area (Å²) in [4.78, 5) is 11.0. The number of aliphatic hydroxyl groups excluding tert-OH is 1. The number of Topliss-reactive ketones (excluding diaryl/α,β-unsaturated/α-hetero) is 1. The predicted molar refractivity (Wildman–Crippen MR) is 120 cm³/mol. The zero-order chi connectivity index (χ0) is 21.5. The molecule has 1 N–H and O–H groups in total. The van der Waals surface area contributed by atoms with Gasteiger partial charge in [-0.1, -0.05) is 90.1 Å².